The van der Waals surface area contributed by atoms with E-state index in [1.54, 1.807) is 12.3 Å². The van der Waals surface area contributed by atoms with Crippen LogP contribution in [0.4, 0.5) is 4.39 Å². The van der Waals surface area contributed by atoms with Crippen LogP contribution in [-0.2, 0) is 0 Å². The molecule has 0 radical (unpaired) electrons. The van der Waals surface area contributed by atoms with E-state index in [2.05, 4.69) is 21.9 Å². The van der Waals surface area contributed by atoms with Crippen LogP contribution in [0.15, 0.2) is 35.3 Å². The Morgan fingerprint density at radius 3 is 2.79 bits per heavy atom. The lowest BCUT2D eigenvalue weighted by Gasteiger charge is -2.24. The number of halogens is 1. The Balaban J connectivity index is 1.42. The number of nitrogens with one attached hydrogen (secondary N) is 1. The Morgan fingerprint density at radius 2 is 2.00 bits per heavy atom. The van der Waals surface area contributed by atoms with Gasteiger partial charge >= 0.3 is 0 Å². The van der Waals surface area contributed by atoms with E-state index in [0.717, 1.165) is 37.9 Å². The van der Waals surface area contributed by atoms with Gasteiger partial charge in [0.25, 0.3) is 5.56 Å². The first-order valence-corrected chi connectivity index (χ1v) is 10.6. The number of hydrogen-bond acceptors (Lipinski definition) is 4. The van der Waals surface area contributed by atoms with E-state index in [9.17, 15) is 9.18 Å². The highest BCUT2D eigenvalue weighted by Gasteiger charge is 2.31. The van der Waals surface area contributed by atoms with Crippen LogP contribution in [0.5, 0.6) is 0 Å². The van der Waals surface area contributed by atoms with E-state index in [1.165, 1.54) is 18.9 Å². The second kappa shape index (κ2) is 7.37. The molecule has 1 saturated carbocycles. The highest BCUT2D eigenvalue weighted by molar-refractivity contribution is 5.73. The molecule has 2 fully saturated rings. The average molecular weight is 395 g/mol. The number of nitrogens with zero attached hydrogens (tertiary/aromatic N) is 4. The minimum absolute atomic E-state index is 0.0456. The number of likely N-dealkylation sites (tertiary alicyclic amines) is 1. The van der Waals surface area contributed by atoms with Crippen molar-refractivity contribution in [1.29, 1.82) is 0 Å². The van der Waals surface area contributed by atoms with E-state index in [-0.39, 0.29) is 23.3 Å². The molecule has 5 rings (SSSR count). The largest absolute Gasteiger partial charge is 0.309 e. The molecule has 2 aliphatic rings. The quantitative estimate of drug-likeness (QED) is 0.727. The lowest BCUT2D eigenvalue weighted by atomic mass is 9.98. The Morgan fingerprint density at radius 1 is 1.21 bits per heavy atom. The average Bonchev–Trinajstić information content (AvgIpc) is 3.47. The third-order valence-corrected chi connectivity index (χ3v) is 6.66. The molecule has 1 aliphatic carbocycles. The zero-order chi connectivity index (χ0) is 20.0. The first-order valence-electron chi connectivity index (χ1n) is 10.6. The van der Waals surface area contributed by atoms with Gasteiger partial charge < -0.3 is 4.98 Å². The monoisotopic (exact) mass is 395 g/mol. The number of fused-ring (bicyclic) bond motifs is 1. The minimum Gasteiger partial charge on any atom is -0.309 e. The van der Waals surface area contributed by atoms with Gasteiger partial charge in [-0.25, -0.2) is 14.1 Å². The van der Waals surface area contributed by atoms with Crippen molar-refractivity contribution in [3.8, 4) is 0 Å². The molecule has 7 heteroatoms. The first-order chi connectivity index (χ1) is 14.1. The fourth-order valence-electron chi connectivity index (χ4n) is 4.94. The third-order valence-electron chi connectivity index (χ3n) is 6.66. The lowest BCUT2D eigenvalue weighted by Crippen LogP contribution is -2.28. The van der Waals surface area contributed by atoms with Crippen LogP contribution in [0, 0.1) is 5.82 Å². The SMILES string of the molecule is C[C@H](c1nc2c(cnn2C2CCCC2)c(=O)[nH]1)N1CCC(c2ccccc2F)C1. The van der Waals surface area contributed by atoms with Gasteiger partial charge in [0, 0.05) is 12.5 Å². The molecule has 0 bridgehead atoms. The molecule has 2 atom stereocenters. The molecular formula is C22H26FN5O. The molecule has 0 spiro atoms. The van der Waals surface area contributed by atoms with E-state index in [0.29, 0.717) is 22.9 Å². The molecule has 29 heavy (non-hydrogen) atoms. The molecule has 0 amide bonds. The van der Waals surface area contributed by atoms with Gasteiger partial charge in [-0.1, -0.05) is 31.0 Å². The number of benzene rings is 1. The second-order valence-electron chi connectivity index (χ2n) is 8.39. The number of hydrogen-bond donors (Lipinski definition) is 1. The molecule has 6 nitrogen and oxygen atoms in total. The van der Waals surface area contributed by atoms with Gasteiger partial charge in [0.2, 0.25) is 0 Å². The van der Waals surface area contributed by atoms with Crippen LogP contribution in [0.3, 0.4) is 0 Å². The van der Waals surface area contributed by atoms with E-state index >= 15 is 0 Å². The zero-order valence-electron chi connectivity index (χ0n) is 16.6. The highest BCUT2D eigenvalue weighted by atomic mass is 19.1. The molecule has 152 valence electrons. The molecular weight excluding hydrogens is 369 g/mol. The second-order valence-corrected chi connectivity index (χ2v) is 8.39. The zero-order valence-corrected chi connectivity index (χ0v) is 16.6. The van der Waals surface area contributed by atoms with Crippen LogP contribution in [0.1, 0.15) is 68.4 Å². The summed E-state index contributed by atoms with van der Waals surface area (Å²) in [5.41, 5.74) is 1.33. The summed E-state index contributed by atoms with van der Waals surface area (Å²) in [4.78, 5) is 22.7. The van der Waals surface area contributed by atoms with E-state index in [1.807, 2.05) is 16.8 Å². The number of rotatable bonds is 4. The molecule has 1 saturated heterocycles. The van der Waals surface area contributed by atoms with Gasteiger partial charge in [-0.15, -0.1) is 0 Å². The predicted octanol–water partition coefficient (Wildman–Crippen LogP) is 3.92. The van der Waals surface area contributed by atoms with Gasteiger partial charge in [0.15, 0.2) is 5.65 Å². The lowest BCUT2D eigenvalue weighted by molar-refractivity contribution is 0.249. The van der Waals surface area contributed by atoms with Crippen molar-refractivity contribution in [2.75, 3.05) is 13.1 Å². The van der Waals surface area contributed by atoms with Crippen molar-refractivity contribution < 1.29 is 4.39 Å². The van der Waals surface area contributed by atoms with Crippen molar-refractivity contribution in [3.05, 3.63) is 58.0 Å². The summed E-state index contributed by atoms with van der Waals surface area (Å²) in [5.74, 6) is 0.690. The Labute approximate surface area is 168 Å². The van der Waals surface area contributed by atoms with Gasteiger partial charge in [-0.3, -0.25) is 9.69 Å². The van der Waals surface area contributed by atoms with Crippen LogP contribution in [0.25, 0.3) is 11.0 Å². The third kappa shape index (κ3) is 3.27. The van der Waals surface area contributed by atoms with Crippen molar-refractivity contribution in [2.45, 2.75) is 57.0 Å². The first kappa shape index (κ1) is 18.5. The van der Waals surface area contributed by atoms with Crippen LogP contribution < -0.4 is 5.56 Å². The molecule has 1 N–H and O–H groups in total. The molecule has 2 aromatic heterocycles. The Bertz CT molecular complexity index is 1080. The Hall–Kier alpha value is -2.54. The molecule has 1 unspecified atom stereocenters. The highest BCUT2D eigenvalue weighted by Crippen LogP contribution is 2.34. The van der Waals surface area contributed by atoms with Crippen LogP contribution in [-0.4, -0.2) is 37.7 Å². The fraction of sp³-hybridized carbons (Fsp3) is 0.500. The topological polar surface area (TPSA) is 66.8 Å². The van der Waals surface area contributed by atoms with Crippen molar-refractivity contribution in [2.24, 2.45) is 0 Å². The maximum absolute atomic E-state index is 14.2. The van der Waals surface area contributed by atoms with Gasteiger partial charge in [0.05, 0.1) is 18.3 Å². The number of aromatic amines is 1. The summed E-state index contributed by atoms with van der Waals surface area (Å²) in [6.07, 6.45) is 7.11. The summed E-state index contributed by atoms with van der Waals surface area (Å²) in [6.45, 7) is 3.67. The minimum atomic E-state index is -0.139. The van der Waals surface area contributed by atoms with E-state index in [4.69, 9.17) is 4.98 Å². The summed E-state index contributed by atoms with van der Waals surface area (Å²) in [6, 6.07) is 7.31. The smallest absolute Gasteiger partial charge is 0.262 e. The van der Waals surface area contributed by atoms with Crippen LogP contribution >= 0.6 is 0 Å². The molecule has 1 aromatic carbocycles. The van der Waals surface area contributed by atoms with Crippen LogP contribution in [0.2, 0.25) is 0 Å². The van der Waals surface area contributed by atoms with E-state index < -0.39 is 0 Å². The summed E-state index contributed by atoms with van der Waals surface area (Å²) in [7, 11) is 0. The standard InChI is InChI=1S/C22H26FN5O/c1-14(27-11-10-15(13-27)17-8-4-5-9-19(17)23)20-25-21-18(22(29)26-20)12-24-28(21)16-6-2-3-7-16/h4-5,8-9,12,14-16H,2-3,6-7,10-11,13H2,1H3,(H,25,26,29)/t14-,15?/m1/s1. The normalized spacial score (nSPS) is 21.9. The van der Waals surface area contributed by atoms with Crippen molar-refractivity contribution in [3.63, 3.8) is 0 Å². The maximum Gasteiger partial charge on any atom is 0.262 e. The van der Waals surface area contributed by atoms with Crippen molar-refractivity contribution in [1.82, 2.24) is 24.6 Å². The maximum atomic E-state index is 14.2. The summed E-state index contributed by atoms with van der Waals surface area (Å²) < 4.78 is 16.1. The van der Waals surface area contributed by atoms with Gasteiger partial charge in [-0.2, -0.15) is 5.10 Å². The Kier molecular flexibility index (Phi) is 4.70. The predicted molar refractivity (Wildman–Crippen MR) is 109 cm³/mol. The number of aromatic nitrogens is 4. The molecule has 3 aromatic rings. The number of H-pyrrole nitrogens is 1. The van der Waals surface area contributed by atoms with Gasteiger partial charge in [0.1, 0.15) is 17.0 Å². The summed E-state index contributed by atoms with van der Waals surface area (Å²) in [5, 5.41) is 5.03. The van der Waals surface area contributed by atoms with Gasteiger partial charge in [-0.05, 0) is 44.4 Å². The molecule has 3 heterocycles. The van der Waals surface area contributed by atoms with Crippen molar-refractivity contribution >= 4 is 11.0 Å². The fourth-order valence-corrected chi connectivity index (χ4v) is 4.94. The summed E-state index contributed by atoms with van der Waals surface area (Å²) >= 11 is 0. The molecule has 1 aliphatic heterocycles.